The predicted octanol–water partition coefficient (Wildman–Crippen LogP) is 5.32. The fourth-order valence-corrected chi connectivity index (χ4v) is 3.04. The lowest BCUT2D eigenvalue weighted by molar-refractivity contribution is 0.452. The third-order valence-electron chi connectivity index (χ3n) is 4.64. The molecule has 25 heavy (non-hydrogen) atoms. The van der Waals surface area contributed by atoms with Crippen LogP contribution in [-0.2, 0) is 23.8 Å². The molecule has 2 nitrogen and oxygen atoms in total. The molecule has 0 aliphatic rings. The molecule has 0 heterocycles. The number of benzene rings is 2. The Kier molecular flexibility index (Phi) is 5.95. The summed E-state index contributed by atoms with van der Waals surface area (Å²) in [5.74, 6) is 0.407. The first-order valence-electron chi connectivity index (χ1n) is 9.20. The van der Waals surface area contributed by atoms with Crippen molar-refractivity contribution in [3.63, 3.8) is 0 Å². The Balaban J connectivity index is 2.16. The van der Waals surface area contributed by atoms with Gasteiger partial charge in [0.05, 0.1) is 0 Å². The highest BCUT2D eigenvalue weighted by molar-refractivity contribution is 5.47. The van der Waals surface area contributed by atoms with Crippen molar-refractivity contribution >= 4 is 0 Å². The third kappa shape index (κ3) is 5.34. The first-order chi connectivity index (χ1) is 11.6. The van der Waals surface area contributed by atoms with Crippen LogP contribution in [0, 0.1) is 0 Å². The molecule has 2 N–H and O–H groups in total. The standard InChI is InChI=1S/C23H33NO/c1-22(2,3)18-14-20(23(4,5)6)19(21(25)15-18)16-24-13-12-17-10-8-7-9-11-17/h7-11,14-15,24-25H,12-13,16H2,1-6H3. The van der Waals surface area contributed by atoms with Crippen LogP contribution in [0.2, 0.25) is 0 Å². The van der Waals surface area contributed by atoms with Gasteiger partial charge in [0.1, 0.15) is 5.75 Å². The van der Waals surface area contributed by atoms with Crippen LogP contribution in [0.5, 0.6) is 5.75 Å². The summed E-state index contributed by atoms with van der Waals surface area (Å²) in [5, 5.41) is 14.2. The molecule has 2 aromatic carbocycles. The van der Waals surface area contributed by atoms with E-state index in [1.807, 2.05) is 12.1 Å². The van der Waals surface area contributed by atoms with Crippen LogP contribution < -0.4 is 5.32 Å². The highest BCUT2D eigenvalue weighted by Gasteiger charge is 2.24. The monoisotopic (exact) mass is 339 g/mol. The molecule has 2 aromatic rings. The Morgan fingerprint density at radius 3 is 2.08 bits per heavy atom. The lowest BCUT2D eigenvalue weighted by atomic mass is 9.78. The fourth-order valence-electron chi connectivity index (χ4n) is 3.04. The van der Waals surface area contributed by atoms with Gasteiger partial charge in [0.2, 0.25) is 0 Å². The van der Waals surface area contributed by atoms with E-state index in [-0.39, 0.29) is 10.8 Å². The topological polar surface area (TPSA) is 32.3 Å². The van der Waals surface area contributed by atoms with Gasteiger partial charge in [-0.2, -0.15) is 0 Å². The summed E-state index contributed by atoms with van der Waals surface area (Å²) in [7, 11) is 0. The van der Waals surface area contributed by atoms with Crippen molar-refractivity contribution in [2.45, 2.75) is 65.3 Å². The zero-order valence-electron chi connectivity index (χ0n) is 16.6. The van der Waals surface area contributed by atoms with Gasteiger partial charge < -0.3 is 10.4 Å². The number of phenols is 1. The average molecular weight is 340 g/mol. The summed E-state index contributed by atoms with van der Waals surface area (Å²) in [5.41, 5.74) is 4.78. The van der Waals surface area contributed by atoms with E-state index in [9.17, 15) is 5.11 Å². The minimum atomic E-state index is -0.00478. The Morgan fingerprint density at radius 2 is 1.52 bits per heavy atom. The van der Waals surface area contributed by atoms with Gasteiger partial charge >= 0.3 is 0 Å². The molecule has 136 valence electrons. The predicted molar refractivity (Wildman–Crippen MR) is 107 cm³/mol. The van der Waals surface area contributed by atoms with Crippen molar-refractivity contribution in [2.24, 2.45) is 0 Å². The van der Waals surface area contributed by atoms with Crippen molar-refractivity contribution in [1.82, 2.24) is 5.32 Å². The molecule has 0 aromatic heterocycles. The molecular weight excluding hydrogens is 306 g/mol. The minimum absolute atomic E-state index is 0.00478. The maximum Gasteiger partial charge on any atom is 0.120 e. The second kappa shape index (κ2) is 7.61. The quantitative estimate of drug-likeness (QED) is 0.723. The van der Waals surface area contributed by atoms with Crippen molar-refractivity contribution in [3.8, 4) is 5.75 Å². The lowest BCUT2D eigenvalue weighted by Crippen LogP contribution is -2.23. The van der Waals surface area contributed by atoms with Gasteiger partial charge in [-0.05, 0) is 46.6 Å². The fraction of sp³-hybridized carbons (Fsp3) is 0.478. The molecule has 0 unspecified atom stereocenters. The number of hydrogen-bond acceptors (Lipinski definition) is 2. The van der Waals surface area contributed by atoms with Gasteiger partial charge in [-0.15, -0.1) is 0 Å². The van der Waals surface area contributed by atoms with Gasteiger partial charge in [0, 0.05) is 12.1 Å². The zero-order chi connectivity index (χ0) is 18.7. The lowest BCUT2D eigenvalue weighted by Gasteiger charge is -2.28. The van der Waals surface area contributed by atoms with E-state index < -0.39 is 0 Å². The first kappa shape index (κ1) is 19.5. The summed E-state index contributed by atoms with van der Waals surface area (Å²) in [6, 6.07) is 14.7. The van der Waals surface area contributed by atoms with E-state index in [2.05, 4.69) is 77.2 Å². The van der Waals surface area contributed by atoms with Crippen LogP contribution in [0.3, 0.4) is 0 Å². The SMILES string of the molecule is CC(C)(C)c1cc(O)c(CNCCc2ccccc2)c(C(C)(C)C)c1. The second-order valence-electron chi connectivity index (χ2n) is 8.93. The smallest absolute Gasteiger partial charge is 0.120 e. The first-order valence-corrected chi connectivity index (χ1v) is 9.20. The van der Waals surface area contributed by atoms with Crippen LogP contribution >= 0.6 is 0 Å². The molecule has 0 saturated heterocycles. The number of hydrogen-bond donors (Lipinski definition) is 2. The van der Waals surface area contributed by atoms with E-state index in [1.165, 1.54) is 16.7 Å². The molecule has 0 aliphatic carbocycles. The van der Waals surface area contributed by atoms with Crippen molar-refractivity contribution in [3.05, 3.63) is 64.7 Å². The molecule has 0 radical (unpaired) electrons. The van der Waals surface area contributed by atoms with Gasteiger partial charge in [0.25, 0.3) is 0 Å². The average Bonchev–Trinajstić information content (AvgIpc) is 2.51. The van der Waals surface area contributed by atoms with E-state index in [0.717, 1.165) is 18.5 Å². The molecule has 0 fully saturated rings. The summed E-state index contributed by atoms with van der Waals surface area (Å²) in [6.07, 6.45) is 0.993. The summed E-state index contributed by atoms with van der Waals surface area (Å²) < 4.78 is 0. The van der Waals surface area contributed by atoms with Crippen LogP contribution in [0.25, 0.3) is 0 Å². The van der Waals surface area contributed by atoms with Crippen LogP contribution in [0.1, 0.15) is 63.8 Å². The van der Waals surface area contributed by atoms with E-state index in [4.69, 9.17) is 0 Å². The Bertz CT molecular complexity index is 691. The molecule has 0 bridgehead atoms. The largest absolute Gasteiger partial charge is 0.508 e. The van der Waals surface area contributed by atoms with Gasteiger partial charge in [-0.1, -0.05) is 77.9 Å². The molecule has 2 rings (SSSR count). The molecule has 0 aliphatic heterocycles. The Morgan fingerprint density at radius 1 is 0.880 bits per heavy atom. The molecular formula is C23H33NO. The van der Waals surface area contributed by atoms with E-state index in [1.54, 1.807) is 0 Å². The number of aromatic hydroxyl groups is 1. The van der Waals surface area contributed by atoms with Crippen molar-refractivity contribution < 1.29 is 5.11 Å². The Hall–Kier alpha value is -1.80. The highest BCUT2D eigenvalue weighted by Crippen LogP contribution is 2.36. The minimum Gasteiger partial charge on any atom is -0.508 e. The molecule has 0 atom stereocenters. The van der Waals surface area contributed by atoms with E-state index in [0.29, 0.717) is 12.3 Å². The zero-order valence-corrected chi connectivity index (χ0v) is 16.6. The maximum atomic E-state index is 10.7. The van der Waals surface area contributed by atoms with Crippen LogP contribution in [0.15, 0.2) is 42.5 Å². The number of rotatable bonds is 5. The van der Waals surface area contributed by atoms with Crippen LogP contribution in [0.4, 0.5) is 0 Å². The maximum absolute atomic E-state index is 10.7. The van der Waals surface area contributed by atoms with Gasteiger partial charge in [0.15, 0.2) is 0 Å². The molecule has 0 spiro atoms. The summed E-state index contributed by atoms with van der Waals surface area (Å²) >= 11 is 0. The van der Waals surface area contributed by atoms with E-state index >= 15 is 0 Å². The third-order valence-corrected chi connectivity index (χ3v) is 4.64. The highest BCUT2D eigenvalue weighted by atomic mass is 16.3. The summed E-state index contributed by atoms with van der Waals surface area (Å²) in [4.78, 5) is 0. The summed E-state index contributed by atoms with van der Waals surface area (Å²) in [6.45, 7) is 14.8. The Labute approximate surface area is 153 Å². The molecule has 2 heteroatoms. The van der Waals surface area contributed by atoms with Crippen LogP contribution in [-0.4, -0.2) is 11.7 Å². The van der Waals surface area contributed by atoms with Gasteiger partial charge in [-0.3, -0.25) is 0 Å². The van der Waals surface area contributed by atoms with Crippen molar-refractivity contribution in [1.29, 1.82) is 0 Å². The van der Waals surface area contributed by atoms with Gasteiger partial charge in [-0.25, -0.2) is 0 Å². The number of nitrogens with one attached hydrogen (secondary N) is 1. The normalized spacial score (nSPS) is 12.4. The number of phenolic OH excluding ortho intramolecular Hbond substituents is 1. The molecule has 0 saturated carbocycles. The van der Waals surface area contributed by atoms with Crippen molar-refractivity contribution in [2.75, 3.05) is 6.54 Å². The molecule has 0 amide bonds. The second-order valence-corrected chi connectivity index (χ2v) is 8.93.